The van der Waals surface area contributed by atoms with Gasteiger partial charge in [-0.15, -0.1) is 5.69 Å². The number of fused-ring (bicyclic) bond motifs is 4. The number of aryl methyl sites for hydroxylation is 1. The molecule has 5 N–H and O–H groups in total. The van der Waals surface area contributed by atoms with Gasteiger partial charge in [-0.25, -0.2) is 0 Å². The third-order valence-corrected chi connectivity index (χ3v) is 8.56. The average molecular weight is 790 g/mol. The van der Waals surface area contributed by atoms with Crippen LogP contribution in [0.4, 0.5) is 5.69 Å². The molecule has 48 heavy (non-hydrogen) atoms. The number of hydrogen-bond acceptors (Lipinski definition) is 1. The summed E-state index contributed by atoms with van der Waals surface area (Å²) in [6.45, 7) is 2.16. The van der Waals surface area contributed by atoms with Crippen LogP contribution in [-0.2, 0) is 25.8 Å². The van der Waals surface area contributed by atoms with Crippen LogP contribution in [-0.4, -0.2) is 12.0 Å². The third-order valence-electron chi connectivity index (χ3n) is 8.56. The van der Waals surface area contributed by atoms with Gasteiger partial charge in [0.1, 0.15) is 0 Å². The van der Waals surface area contributed by atoms with Crippen molar-refractivity contribution in [2.45, 2.75) is 13.0 Å². The molecule has 5 nitrogen and oxygen atoms in total. The first-order valence-corrected chi connectivity index (χ1v) is 15.3. The second-order valence-electron chi connectivity index (χ2n) is 11.2. The molecule has 0 spiro atoms. The molecule has 0 saturated carbocycles. The molecule has 1 unspecified atom stereocenters. The number of benzene rings is 7. The second kappa shape index (κ2) is 15.9. The molecule has 0 aliphatic carbocycles. The van der Waals surface area contributed by atoms with E-state index in [1.54, 1.807) is 0 Å². The first-order valence-electron chi connectivity index (χ1n) is 15.3. The van der Waals surface area contributed by atoms with Crippen LogP contribution in [0.1, 0.15) is 22.9 Å². The Morgan fingerprint density at radius 2 is 1.02 bits per heavy atom. The molecule has 0 saturated heterocycles. The smallest absolute Gasteiger partial charge is 0.693 e. The van der Waals surface area contributed by atoms with Crippen molar-refractivity contribution >= 4 is 48.8 Å². The van der Waals surface area contributed by atoms with E-state index in [0.717, 1.165) is 33.6 Å². The molecule has 0 bridgehead atoms. The van der Waals surface area contributed by atoms with Crippen molar-refractivity contribution in [2.75, 3.05) is 7.05 Å². The quantitative estimate of drug-likeness (QED) is 0.125. The molecule has 0 fully saturated rings. The number of nitrogens with one attached hydrogen (secondary N) is 1. The predicted molar refractivity (Wildman–Crippen MR) is 203 cm³/mol. The first kappa shape index (κ1) is 36.1. The molecule has 6 heteroatoms. The first-order chi connectivity index (χ1) is 22.2. The molecular formula is C42H37HfN5. The molecule has 0 aliphatic rings. The molecule has 7 aromatic carbocycles. The molecular weight excluding hydrogens is 753 g/mol. The van der Waals surface area contributed by atoms with Crippen LogP contribution in [0.15, 0.2) is 152 Å². The number of nitrogens with two attached hydrogens (primary N) is 2. The second-order valence-corrected chi connectivity index (χ2v) is 11.2. The van der Waals surface area contributed by atoms with Crippen molar-refractivity contribution in [1.29, 1.82) is 0 Å². The monoisotopic (exact) mass is 791 g/mol. The van der Waals surface area contributed by atoms with Crippen molar-refractivity contribution in [3.8, 4) is 11.3 Å². The van der Waals surface area contributed by atoms with E-state index in [-0.39, 0.29) is 44.2 Å². The molecule has 1 heterocycles. The minimum absolute atomic E-state index is 0. The van der Waals surface area contributed by atoms with E-state index < -0.39 is 0 Å². The standard InChI is InChI=1S/C41H29N2.CH4N.Hf.2H2N/c1-27-24-25-29-13-3-9-20-35(29)40(27)43-41(39-33-18-7-4-14-30(33)26-31-15-5-8-19-34(31)39)38-23-11-22-37(42-38)36-21-10-16-28-12-2-6-17-32(28)36;1-2;;;/h2-26,41H,1H3;2H,1H3;;2*1H2/q2*-1;+4;2*-1. The van der Waals surface area contributed by atoms with Crippen molar-refractivity contribution in [3.05, 3.63) is 192 Å². The molecule has 0 radical (unpaired) electrons. The molecule has 234 valence electrons. The van der Waals surface area contributed by atoms with Gasteiger partial charge in [0.05, 0.1) is 5.69 Å². The van der Waals surface area contributed by atoms with E-state index in [4.69, 9.17) is 16.0 Å². The zero-order chi connectivity index (χ0) is 30.8. The van der Waals surface area contributed by atoms with Crippen LogP contribution in [0.25, 0.3) is 77.7 Å². The van der Waals surface area contributed by atoms with E-state index in [9.17, 15) is 0 Å². The number of hydrogen-bond donors (Lipinski definition) is 0. The maximum absolute atomic E-state index is 5.75. The minimum Gasteiger partial charge on any atom is -0.693 e. The van der Waals surface area contributed by atoms with E-state index in [1.807, 2.05) is 0 Å². The predicted octanol–water partition coefficient (Wildman–Crippen LogP) is 13.6. The van der Waals surface area contributed by atoms with Crippen molar-refractivity contribution < 1.29 is 25.8 Å². The summed E-state index contributed by atoms with van der Waals surface area (Å²) in [5.74, 6) is 0. The Balaban J connectivity index is 0.00000102. The number of nitrogens with zero attached hydrogens (tertiary/aromatic N) is 2. The van der Waals surface area contributed by atoms with Crippen molar-refractivity contribution in [2.24, 2.45) is 0 Å². The Morgan fingerprint density at radius 1 is 0.521 bits per heavy atom. The molecule has 1 aromatic heterocycles. The molecule has 1 atom stereocenters. The average Bonchev–Trinajstić information content (AvgIpc) is 3.11. The van der Waals surface area contributed by atoms with Crippen LogP contribution in [0.5, 0.6) is 0 Å². The number of pyridine rings is 1. The van der Waals surface area contributed by atoms with E-state index in [0.29, 0.717) is 0 Å². The maximum Gasteiger partial charge on any atom is 4.00 e. The summed E-state index contributed by atoms with van der Waals surface area (Å²) in [5, 5.41) is 15.2. The largest absolute Gasteiger partial charge is 4.00 e. The summed E-state index contributed by atoms with van der Waals surface area (Å²) >= 11 is 0. The summed E-state index contributed by atoms with van der Waals surface area (Å²) in [6, 6.07) is 53.5. The zero-order valence-electron chi connectivity index (χ0n) is 27.1. The van der Waals surface area contributed by atoms with Gasteiger partial charge in [0.2, 0.25) is 0 Å². The third kappa shape index (κ3) is 6.66. The van der Waals surface area contributed by atoms with Crippen LogP contribution < -0.4 is 0 Å². The van der Waals surface area contributed by atoms with Gasteiger partial charge in [-0.2, -0.15) is 7.05 Å². The van der Waals surface area contributed by atoms with Gasteiger partial charge in [0.15, 0.2) is 0 Å². The summed E-state index contributed by atoms with van der Waals surface area (Å²) in [5.41, 5.74) is 12.1. The molecule has 8 aromatic rings. The van der Waals surface area contributed by atoms with Crippen LogP contribution in [0.3, 0.4) is 0 Å². The Bertz CT molecular complexity index is 2260. The van der Waals surface area contributed by atoms with Crippen LogP contribution >= 0.6 is 0 Å². The fourth-order valence-corrected chi connectivity index (χ4v) is 6.49. The summed E-state index contributed by atoms with van der Waals surface area (Å²) in [7, 11) is 1.25. The van der Waals surface area contributed by atoms with Crippen LogP contribution in [0, 0.1) is 6.92 Å². The maximum atomic E-state index is 5.75. The van der Waals surface area contributed by atoms with E-state index in [1.165, 1.54) is 50.3 Å². The van der Waals surface area contributed by atoms with E-state index >= 15 is 0 Å². The van der Waals surface area contributed by atoms with Gasteiger partial charge >= 0.3 is 25.8 Å². The number of aromatic nitrogens is 1. The van der Waals surface area contributed by atoms with Gasteiger partial charge in [-0.05, 0) is 79.8 Å². The molecule has 8 rings (SSSR count). The fourth-order valence-electron chi connectivity index (χ4n) is 6.49. The van der Waals surface area contributed by atoms with Crippen molar-refractivity contribution in [1.82, 2.24) is 4.98 Å². The fraction of sp³-hybridized carbons (Fsp3) is 0.0714. The topological polar surface area (TPSA) is 118 Å². The Hall–Kier alpha value is -4.72. The van der Waals surface area contributed by atoms with Crippen LogP contribution in [0.2, 0.25) is 0 Å². The minimum atomic E-state index is -0.324. The van der Waals surface area contributed by atoms with Gasteiger partial charge in [0.25, 0.3) is 0 Å². The van der Waals surface area contributed by atoms with Gasteiger partial charge in [-0.1, -0.05) is 139 Å². The number of rotatable bonds is 5. The summed E-state index contributed by atoms with van der Waals surface area (Å²) in [4.78, 5) is 5.40. The molecule has 0 amide bonds. The Morgan fingerprint density at radius 3 is 1.67 bits per heavy atom. The Labute approximate surface area is 301 Å². The van der Waals surface area contributed by atoms with Gasteiger partial charge < -0.3 is 23.4 Å². The summed E-state index contributed by atoms with van der Waals surface area (Å²) in [6.07, 6.45) is 0. The zero-order valence-corrected chi connectivity index (χ0v) is 30.7. The SMILES string of the molecule is C[NH-].Cc1ccc2ccccc2c1[N-]C(c1cccc(-c2cccc3ccccc23)n1)c1c2ccccc2cc2ccccc12.[Hf+4].[NH2-].[NH2-]. The molecule has 0 aliphatic heterocycles. The Kier molecular flexibility index (Phi) is 12.0. The van der Waals surface area contributed by atoms with Gasteiger partial charge in [0, 0.05) is 11.3 Å². The van der Waals surface area contributed by atoms with Gasteiger partial charge in [-0.3, -0.25) is 4.98 Å². The summed E-state index contributed by atoms with van der Waals surface area (Å²) < 4.78 is 0. The normalized spacial score (nSPS) is 11.1. The van der Waals surface area contributed by atoms with E-state index in [2.05, 4.69) is 159 Å². The van der Waals surface area contributed by atoms with Crippen molar-refractivity contribution in [3.63, 3.8) is 0 Å².